The standard InChI is InChI=1S/C12H17BrCl2OSi.ClH/c1-12(2,3)17(4,5)16-11-9(14)6-8(13)7-10(11)15;/h6-7H,1-5H3;1H. The Labute approximate surface area is 135 Å². The lowest BCUT2D eigenvalue weighted by atomic mass is 10.2. The minimum absolute atomic E-state index is 0. The fourth-order valence-corrected chi connectivity index (χ4v) is 3.49. The maximum atomic E-state index is 6.17. The lowest BCUT2D eigenvalue weighted by Crippen LogP contribution is -2.44. The summed E-state index contributed by atoms with van der Waals surface area (Å²) in [5, 5.41) is 1.22. The molecule has 0 saturated heterocycles. The number of rotatable bonds is 2. The van der Waals surface area contributed by atoms with E-state index < -0.39 is 8.32 Å². The van der Waals surface area contributed by atoms with Gasteiger partial charge in [0, 0.05) is 4.47 Å². The van der Waals surface area contributed by atoms with Crippen LogP contribution in [-0.2, 0) is 0 Å². The van der Waals surface area contributed by atoms with Crippen LogP contribution in [0.1, 0.15) is 20.8 Å². The first-order valence-electron chi connectivity index (χ1n) is 5.38. The molecule has 18 heavy (non-hydrogen) atoms. The van der Waals surface area contributed by atoms with E-state index in [1.54, 1.807) is 12.1 Å². The first-order chi connectivity index (χ1) is 7.54. The van der Waals surface area contributed by atoms with Crippen LogP contribution < -0.4 is 4.43 Å². The van der Waals surface area contributed by atoms with Crippen LogP contribution in [0.2, 0.25) is 28.2 Å². The average molecular weight is 393 g/mol. The van der Waals surface area contributed by atoms with Crippen LogP contribution in [0.15, 0.2) is 16.6 Å². The number of halogens is 4. The van der Waals surface area contributed by atoms with Crippen molar-refractivity contribution in [3.63, 3.8) is 0 Å². The highest BCUT2D eigenvalue weighted by atomic mass is 79.9. The Balaban J connectivity index is 0.00000289. The summed E-state index contributed by atoms with van der Waals surface area (Å²) in [5.41, 5.74) is 0. The molecule has 104 valence electrons. The van der Waals surface area contributed by atoms with Crippen LogP contribution in [-0.4, -0.2) is 8.32 Å². The van der Waals surface area contributed by atoms with Gasteiger partial charge in [0.1, 0.15) is 5.75 Å². The molecule has 0 fully saturated rings. The Bertz CT molecular complexity index is 407. The largest absolute Gasteiger partial charge is 0.542 e. The molecule has 0 heterocycles. The van der Waals surface area contributed by atoms with Crippen molar-refractivity contribution in [2.75, 3.05) is 0 Å². The van der Waals surface area contributed by atoms with Gasteiger partial charge in [-0.15, -0.1) is 12.4 Å². The molecule has 0 aliphatic rings. The Kier molecular flexibility index (Phi) is 6.57. The molecule has 0 unspecified atom stereocenters. The molecule has 0 bridgehead atoms. The van der Waals surface area contributed by atoms with Crippen LogP contribution in [0.3, 0.4) is 0 Å². The zero-order valence-corrected chi connectivity index (χ0v) is 16.0. The smallest absolute Gasteiger partial charge is 0.250 e. The fourth-order valence-electron chi connectivity index (χ4n) is 1.03. The maximum Gasteiger partial charge on any atom is 0.250 e. The quantitative estimate of drug-likeness (QED) is 0.518. The summed E-state index contributed by atoms with van der Waals surface area (Å²) in [6.07, 6.45) is 0. The average Bonchev–Trinajstić information content (AvgIpc) is 2.09. The lowest BCUT2D eigenvalue weighted by molar-refractivity contribution is 0.492. The van der Waals surface area contributed by atoms with Gasteiger partial charge >= 0.3 is 0 Å². The van der Waals surface area contributed by atoms with E-state index in [1.165, 1.54) is 0 Å². The van der Waals surface area contributed by atoms with Crippen molar-refractivity contribution >= 4 is 59.9 Å². The Morgan fingerprint density at radius 3 is 1.83 bits per heavy atom. The molecule has 0 radical (unpaired) electrons. The molecule has 1 aromatic carbocycles. The van der Waals surface area contributed by atoms with Crippen molar-refractivity contribution in [2.24, 2.45) is 0 Å². The third-order valence-corrected chi connectivity index (χ3v) is 8.47. The molecular weight excluding hydrogens is 374 g/mol. The summed E-state index contributed by atoms with van der Waals surface area (Å²) in [4.78, 5) is 0. The van der Waals surface area contributed by atoms with Crippen molar-refractivity contribution in [2.45, 2.75) is 38.9 Å². The van der Waals surface area contributed by atoms with Crippen molar-refractivity contribution in [1.82, 2.24) is 0 Å². The third kappa shape index (κ3) is 4.31. The van der Waals surface area contributed by atoms with Crippen LogP contribution in [0, 0.1) is 0 Å². The molecule has 0 amide bonds. The highest BCUT2D eigenvalue weighted by Gasteiger charge is 2.39. The monoisotopic (exact) mass is 390 g/mol. The Hall–Kier alpha value is 0.587. The van der Waals surface area contributed by atoms with E-state index in [0.29, 0.717) is 15.8 Å². The molecule has 0 atom stereocenters. The SMILES string of the molecule is CC(C)(C)[Si](C)(C)Oc1c(Cl)cc(Br)cc1Cl.Cl. The zero-order chi connectivity index (χ0) is 13.4. The van der Waals surface area contributed by atoms with Crippen LogP contribution in [0.4, 0.5) is 0 Å². The number of hydrogen-bond donors (Lipinski definition) is 0. The molecule has 0 aliphatic heterocycles. The van der Waals surface area contributed by atoms with Crippen LogP contribution in [0.5, 0.6) is 5.75 Å². The molecular formula is C12H18BrCl3OSi. The van der Waals surface area contributed by atoms with Gasteiger partial charge in [-0.2, -0.15) is 0 Å². The summed E-state index contributed by atoms with van der Waals surface area (Å²) in [5.74, 6) is 0.600. The van der Waals surface area contributed by atoms with E-state index in [4.69, 9.17) is 27.6 Å². The predicted octanol–water partition coefficient (Wildman–Crippen LogP) is 6.56. The minimum Gasteiger partial charge on any atom is -0.542 e. The van der Waals surface area contributed by atoms with Gasteiger partial charge < -0.3 is 4.43 Å². The van der Waals surface area contributed by atoms with E-state index in [2.05, 4.69) is 49.8 Å². The third-order valence-electron chi connectivity index (χ3n) is 3.13. The molecule has 1 rings (SSSR count). The summed E-state index contributed by atoms with van der Waals surface area (Å²) in [6, 6.07) is 3.60. The Morgan fingerprint density at radius 1 is 1.11 bits per heavy atom. The second kappa shape index (κ2) is 6.36. The summed E-state index contributed by atoms with van der Waals surface area (Å²) in [7, 11) is -1.91. The lowest BCUT2D eigenvalue weighted by Gasteiger charge is -2.37. The van der Waals surface area contributed by atoms with E-state index in [0.717, 1.165) is 4.47 Å². The second-order valence-electron chi connectivity index (χ2n) is 5.56. The van der Waals surface area contributed by atoms with Crippen LogP contribution >= 0.6 is 51.5 Å². The van der Waals surface area contributed by atoms with Crippen molar-refractivity contribution in [3.05, 3.63) is 26.7 Å². The van der Waals surface area contributed by atoms with E-state index >= 15 is 0 Å². The molecule has 0 saturated carbocycles. The Morgan fingerprint density at radius 2 is 1.50 bits per heavy atom. The minimum atomic E-state index is -1.91. The van der Waals surface area contributed by atoms with Crippen molar-refractivity contribution < 1.29 is 4.43 Å². The molecule has 0 aromatic heterocycles. The van der Waals surface area contributed by atoms with Gasteiger partial charge in [-0.25, -0.2) is 0 Å². The first kappa shape index (κ1) is 18.6. The second-order valence-corrected chi connectivity index (χ2v) is 12.0. The molecule has 0 spiro atoms. The molecule has 6 heteroatoms. The van der Waals surface area contributed by atoms with Gasteiger partial charge in [0.05, 0.1) is 10.0 Å². The summed E-state index contributed by atoms with van der Waals surface area (Å²) >= 11 is 15.7. The first-order valence-corrected chi connectivity index (χ1v) is 9.84. The van der Waals surface area contributed by atoms with Gasteiger partial charge in [-0.3, -0.25) is 0 Å². The van der Waals surface area contributed by atoms with Gasteiger partial charge in [0.25, 0.3) is 8.32 Å². The predicted molar refractivity (Wildman–Crippen MR) is 89.2 cm³/mol. The van der Waals surface area contributed by atoms with E-state index in [9.17, 15) is 0 Å². The van der Waals surface area contributed by atoms with Gasteiger partial charge in [0.15, 0.2) is 0 Å². The summed E-state index contributed by atoms with van der Waals surface area (Å²) < 4.78 is 6.99. The van der Waals surface area contributed by atoms with E-state index in [-0.39, 0.29) is 17.4 Å². The van der Waals surface area contributed by atoms with Crippen molar-refractivity contribution in [3.8, 4) is 5.75 Å². The number of hydrogen-bond acceptors (Lipinski definition) is 1. The van der Waals surface area contributed by atoms with Crippen LogP contribution in [0.25, 0.3) is 0 Å². The van der Waals surface area contributed by atoms with E-state index in [1.807, 2.05) is 0 Å². The molecule has 1 aromatic rings. The van der Waals surface area contributed by atoms with Gasteiger partial charge in [-0.05, 0) is 30.3 Å². The fraction of sp³-hybridized carbons (Fsp3) is 0.500. The maximum absolute atomic E-state index is 6.17. The molecule has 0 N–H and O–H groups in total. The van der Waals surface area contributed by atoms with Gasteiger partial charge in [-0.1, -0.05) is 59.9 Å². The van der Waals surface area contributed by atoms with Gasteiger partial charge in [0.2, 0.25) is 0 Å². The molecule has 1 nitrogen and oxygen atoms in total. The zero-order valence-electron chi connectivity index (χ0n) is 11.1. The highest BCUT2D eigenvalue weighted by molar-refractivity contribution is 9.10. The number of benzene rings is 1. The highest BCUT2D eigenvalue weighted by Crippen LogP contribution is 2.42. The molecule has 0 aliphatic carbocycles. The van der Waals surface area contributed by atoms with Crippen molar-refractivity contribution in [1.29, 1.82) is 0 Å². The topological polar surface area (TPSA) is 9.23 Å². The normalized spacial score (nSPS) is 12.0. The summed E-state index contributed by atoms with van der Waals surface area (Å²) in [6.45, 7) is 10.9.